The SMILES string of the molecule is Fc1ccc(OCC2CSc3ccccc32)c(F)c1. The van der Waals surface area contributed by atoms with Crippen molar-refractivity contribution in [2.75, 3.05) is 12.4 Å². The van der Waals surface area contributed by atoms with Crippen LogP contribution in [0.5, 0.6) is 5.75 Å². The van der Waals surface area contributed by atoms with Crippen LogP contribution in [0.15, 0.2) is 47.4 Å². The van der Waals surface area contributed by atoms with Crippen molar-refractivity contribution in [3.8, 4) is 5.75 Å². The van der Waals surface area contributed by atoms with Crippen LogP contribution < -0.4 is 4.74 Å². The van der Waals surface area contributed by atoms with E-state index in [1.807, 2.05) is 12.1 Å². The van der Waals surface area contributed by atoms with Crippen molar-refractivity contribution in [3.05, 3.63) is 59.7 Å². The maximum atomic E-state index is 13.5. The van der Waals surface area contributed by atoms with E-state index in [9.17, 15) is 8.78 Å². The Morgan fingerprint density at radius 1 is 1.16 bits per heavy atom. The smallest absolute Gasteiger partial charge is 0.167 e. The first kappa shape index (κ1) is 12.5. The first-order valence-corrected chi connectivity index (χ1v) is 7.02. The number of rotatable bonds is 3. The van der Waals surface area contributed by atoms with Crippen molar-refractivity contribution in [2.24, 2.45) is 0 Å². The van der Waals surface area contributed by atoms with E-state index in [1.165, 1.54) is 22.6 Å². The quantitative estimate of drug-likeness (QED) is 0.830. The molecular formula is C15H12F2OS. The molecule has 98 valence electrons. The van der Waals surface area contributed by atoms with Gasteiger partial charge in [-0.15, -0.1) is 11.8 Å². The van der Waals surface area contributed by atoms with Crippen molar-refractivity contribution in [2.45, 2.75) is 10.8 Å². The second-order valence-corrected chi connectivity index (χ2v) is 5.49. The molecule has 1 aliphatic rings. The van der Waals surface area contributed by atoms with E-state index in [2.05, 4.69) is 12.1 Å². The summed E-state index contributed by atoms with van der Waals surface area (Å²) in [6, 6.07) is 11.5. The van der Waals surface area contributed by atoms with Crippen LogP contribution in [0.1, 0.15) is 11.5 Å². The summed E-state index contributed by atoms with van der Waals surface area (Å²) < 4.78 is 31.7. The van der Waals surface area contributed by atoms with Gasteiger partial charge in [0, 0.05) is 22.6 Å². The highest BCUT2D eigenvalue weighted by Gasteiger charge is 2.23. The van der Waals surface area contributed by atoms with Crippen LogP contribution in [-0.2, 0) is 0 Å². The molecule has 0 bridgehead atoms. The topological polar surface area (TPSA) is 9.23 Å². The maximum Gasteiger partial charge on any atom is 0.167 e. The molecule has 0 aromatic heterocycles. The van der Waals surface area contributed by atoms with E-state index in [-0.39, 0.29) is 11.7 Å². The van der Waals surface area contributed by atoms with Gasteiger partial charge in [-0.2, -0.15) is 0 Å². The molecule has 0 spiro atoms. The highest BCUT2D eigenvalue weighted by Crippen LogP contribution is 2.39. The number of fused-ring (bicyclic) bond motifs is 1. The lowest BCUT2D eigenvalue weighted by molar-refractivity contribution is 0.283. The maximum absolute atomic E-state index is 13.5. The summed E-state index contributed by atoms with van der Waals surface area (Å²) in [6.45, 7) is 0.409. The number of thioether (sulfide) groups is 1. The number of hydrogen-bond acceptors (Lipinski definition) is 2. The van der Waals surface area contributed by atoms with Crippen LogP contribution in [0.25, 0.3) is 0 Å². The molecule has 1 unspecified atom stereocenters. The van der Waals surface area contributed by atoms with Gasteiger partial charge in [0.2, 0.25) is 0 Å². The van der Waals surface area contributed by atoms with Crippen molar-refractivity contribution < 1.29 is 13.5 Å². The Labute approximate surface area is 114 Å². The van der Waals surface area contributed by atoms with Crippen molar-refractivity contribution in [1.29, 1.82) is 0 Å². The summed E-state index contributed by atoms with van der Waals surface area (Å²) in [4.78, 5) is 1.26. The summed E-state index contributed by atoms with van der Waals surface area (Å²) in [5.74, 6) is 0.0503. The summed E-state index contributed by atoms with van der Waals surface area (Å²) in [5.41, 5.74) is 1.25. The number of ether oxygens (including phenoxy) is 1. The molecule has 0 aliphatic carbocycles. The zero-order chi connectivity index (χ0) is 13.2. The molecule has 0 saturated carbocycles. The summed E-state index contributed by atoms with van der Waals surface area (Å²) in [6.07, 6.45) is 0. The lowest BCUT2D eigenvalue weighted by Crippen LogP contribution is -2.10. The van der Waals surface area contributed by atoms with E-state index >= 15 is 0 Å². The fraction of sp³-hybridized carbons (Fsp3) is 0.200. The summed E-state index contributed by atoms with van der Waals surface area (Å²) in [7, 11) is 0. The Kier molecular flexibility index (Phi) is 3.42. The molecule has 0 radical (unpaired) electrons. The van der Waals surface area contributed by atoms with Gasteiger partial charge >= 0.3 is 0 Å². The van der Waals surface area contributed by atoms with Gasteiger partial charge in [0.25, 0.3) is 0 Å². The molecule has 2 aromatic rings. The molecule has 4 heteroatoms. The Bertz CT molecular complexity index is 600. The molecule has 19 heavy (non-hydrogen) atoms. The van der Waals surface area contributed by atoms with Gasteiger partial charge in [-0.25, -0.2) is 8.78 Å². The summed E-state index contributed by atoms with van der Waals surface area (Å²) >= 11 is 1.78. The Hall–Kier alpha value is -1.55. The highest BCUT2D eigenvalue weighted by molar-refractivity contribution is 7.99. The van der Waals surface area contributed by atoms with E-state index in [0.29, 0.717) is 6.61 Å². The van der Waals surface area contributed by atoms with Gasteiger partial charge in [-0.05, 0) is 23.8 Å². The Morgan fingerprint density at radius 2 is 2.00 bits per heavy atom. The fourth-order valence-corrected chi connectivity index (χ4v) is 3.38. The van der Waals surface area contributed by atoms with Crippen LogP contribution in [-0.4, -0.2) is 12.4 Å². The normalized spacial score (nSPS) is 17.3. The number of halogens is 2. The van der Waals surface area contributed by atoms with Crippen LogP contribution in [0.4, 0.5) is 8.78 Å². The van der Waals surface area contributed by atoms with Crippen LogP contribution in [0.2, 0.25) is 0 Å². The second kappa shape index (κ2) is 5.21. The standard InChI is InChI=1S/C15H12F2OS/c16-11-5-6-14(13(17)7-11)18-8-10-9-19-15-4-2-1-3-12(10)15/h1-7,10H,8-9H2. The number of hydrogen-bond donors (Lipinski definition) is 0. The monoisotopic (exact) mass is 278 g/mol. The zero-order valence-corrected chi connectivity index (χ0v) is 10.9. The van der Waals surface area contributed by atoms with Crippen molar-refractivity contribution in [1.82, 2.24) is 0 Å². The third kappa shape index (κ3) is 2.59. The average molecular weight is 278 g/mol. The number of benzene rings is 2. The third-order valence-corrected chi connectivity index (χ3v) is 4.38. The second-order valence-electron chi connectivity index (χ2n) is 4.43. The first-order valence-electron chi connectivity index (χ1n) is 6.03. The largest absolute Gasteiger partial charge is 0.490 e. The zero-order valence-electron chi connectivity index (χ0n) is 10.1. The molecule has 1 atom stereocenters. The van der Waals surface area contributed by atoms with Crippen LogP contribution in [0.3, 0.4) is 0 Å². The van der Waals surface area contributed by atoms with Gasteiger partial charge in [0.15, 0.2) is 11.6 Å². The lowest BCUT2D eigenvalue weighted by atomic mass is 10.0. The van der Waals surface area contributed by atoms with E-state index < -0.39 is 11.6 Å². The van der Waals surface area contributed by atoms with Crippen molar-refractivity contribution >= 4 is 11.8 Å². The molecular weight excluding hydrogens is 266 g/mol. The van der Waals surface area contributed by atoms with Gasteiger partial charge in [-0.1, -0.05) is 18.2 Å². The van der Waals surface area contributed by atoms with Crippen molar-refractivity contribution in [3.63, 3.8) is 0 Å². The third-order valence-electron chi connectivity index (χ3n) is 3.13. The minimum atomic E-state index is -0.654. The summed E-state index contributed by atoms with van der Waals surface area (Å²) in [5, 5.41) is 0. The molecule has 1 aliphatic heterocycles. The minimum absolute atomic E-state index is 0.107. The molecule has 0 amide bonds. The lowest BCUT2D eigenvalue weighted by Gasteiger charge is -2.13. The molecule has 0 saturated heterocycles. The highest BCUT2D eigenvalue weighted by atomic mass is 32.2. The van der Waals surface area contributed by atoms with Crippen LogP contribution in [0, 0.1) is 11.6 Å². The molecule has 3 rings (SSSR count). The molecule has 0 N–H and O–H groups in total. The Morgan fingerprint density at radius 3 is 2.84 bits per heavy atom. The molecule has 1 heterocycles. The van der Waals surface area contributed by atoms with Gasteiger partial charge in [-0.3, -0.25) is 0 Å². The molecule has 1 nitrogen and oxygen atoms in total. The van der Waals surface area contributed by atoms with E-state index in [0.717, 1.165) is 11.8 Å². The Balaban J connectivity index is 1.71. The van der Waals surface area contributed by atoms with E-state index in [1.54, 1.807) is 11.8 Å². The van der Waals surface area contributed by atoms with Gasteiger partial charge in [0.1, 0.15) is 5.82 Å². The minimum Gasteiger partial charge on any atom is -0.490 e. The predicted molar refractivity (Wildman–Crippen MR) is 71.8 cm³/mol. The fourth-order valence-electron chi connectivity index (χ4n) is 2.15. The van der Waals surface area contributed by atoms with Gasteiger partial charge < -0.3 is 4.74 Å². The molecule has 0 fully saturated rings. The molecule has 2 aromatic carbocycles. The average Bonchev–Trinajstić information content (AvgIpc) is 2.81. The van der Waals surface area contributed by atoms with E-state index in [4.69, 9.17) is 4.74 Å². The van der Waals surface area contributed by atoms with Crippen LogP contribution >= 0.6 is 11.8 Å². The predicted octanol–water partition coefficient (Wildman–Crippen LogP) is 4.23. The van der Waals surface area contributed by atoms with Gasteiger partial charge in [0.05, 0.1) is 6.61 Å². The first-order chi connectivity index (χ1) is 9.24.